The van der Waals surface area contributed by atoms with E-state index in [-0.39, 0.29) is 19.1 Å². The van der Waals surface area contributed by atoms with Crippen molar-refractivity contribution in [2.75, 3.05) is 59.7 Å². The molecular weight excluding hydrogens is 336 g/mol. The highest BCUT2D eigenvalue weighted by molar-refractivity contribution is 7.89. The van der Waals surface area contributed by atoms with E-state index in [0.29, 0.717) is 58.7 Å². The molecular formula is C15H26N2O6S. The van der Waals surface area contributed by atoms with Crippen LogP contribution in [0.2, 0.25) is 0 Å². The van der Waals surface area contributed by atoms with Gasteiger partial charge in [0.1, 0.15) is 0 Å². The van der Waals surface area contributed by atoms with Crippen LogP contribution in [-0.4, -0.2) is 94.1 Å². The number of ether oxygens (including phenoxy) is 3. The number of piperidine rings is 1. The molecule has 0 radical (unpaired) electrons. The minimum absolute atomic E-state index is 0.149. The van der Waals surface area contributed by atoms with Crippen LogP contribution in [0.4, 0.5) is 0 Å². The predicted molar refractivity (Wildman–Crippen MR) is 86.1 cm³/mol. The molecule has 0 spiro atoms. The summed E-state index contributed by atoms with van der Waals surface area (Å²) in [5.74, 6) is -0.149. The maximum absolute atomic E-state index is 12.9. The minimum atomic E-state index is -3.41. The molecule has 3 heterocycles. The van der Waals surface area contributed by atoms with E-state index in [1.807, 2.05) is 0 Å². The lowest BCUT2D eigenvalue weighted by molar-refractivity contribution is -0.155. The van der Waals surface area contributed by atoms with E-state index in [0.717, 1.165) is 0 Å². The third-order valence-corrected chi connectivity index (χ3v) is 7.49. The molecule has 2 atom stereocenters. The molecule has 1 amide bonds. The van der Waals surface area contributed by atoms with Crippen molar-refractivity contribution < 1.29 is 27.4 Å². The van der Waals surface area contributed by atoms with E-state index in [1.54, 1.807) is 4.90 Å². The summed E-state index contributed by atoms with van der Waals surface area (Å²) in [4.78, 5) is 14.5. The van der Waals surface area contributed by atoms with Crippen molar-refractivity contribution in [3.05, 3.63) is 0 Å². The fourth-order valence-electron chi connectivity index (χ4n) is 3.63. The zero-order chi connectivity index (χ0) is 17.2. The molecule has 24 heavy (non-hydrogen) atoms. The van der Waals surface area contributed by atoms with Crippen LogP contribution in [0.3, 0.4) is 0 Å². The summed E-state index contributed by atoms with van der Waals surface area (Å²) in [7, 11) is -1.90. The Balaban J connectivity index is 1.71. The van der Waals surface area contributed by atoms with Crippen LogP contribution in [0.15, 0.2) is 0 Å². The van der Waals surface area contributed by atoms with Gasteiger partial charge in [-0.3, -0.25) is 4.79 Å². The van der Waals surface area contributed by atoms with Gasteiger partial charge in [-0.05, 0) is 12.8 Å². The third-order valence-electron chi connectivity index (χ3n) is 5.18. The first kappa shape index (κ1) is 18.1. The van der Waals surface area contributed by atoms with Gasteiger partial charge in [-0.15, -0.1) is 0 Å². The fraction of sp³-hybridized carbons (Fsp3) is 0.933. The molecule has 0 saturated carbocycles. The van der Waals surface area contributed by atoms with E-state index < -0.39 is 20.9 Å². The highest BCUT2D eigenvalue weighted by Crippen LogP contribution is 2.28. The van der Waals surface area contributed by atoms with Crippen LogP contribution in [0, 0.1) is 0 Å². The SMILES string of the molecule is COC1(C(=O)N2CCCC(S(=O)(=O)N3CCOCC3)C2)CCOC1. The lowest BCUT2D eigenvalue weighted by Gasteiger charge is -2.39. The Bertz CT molecular complexity index is 554. The summed E-state index contributed by atoms with van der Waals surface area (Å²) >= 11 is 0. The lowest BCUT2D eigenvalue weighted by atomic mass is 9.99. The number of hydrogen-bond donors (Lipinski definition) is 0. The van der Waals surface area contributed by atoms with Gasteiger partial charge in [-0.2, -0.15) is 4.31 Å². The quantitative estimate of drug-likeness (QED) is 0.667. The Hall–Kier alpha value is -0.740. The van der Waals surface area contributed by atoms with Crippen molar-refractivity contribution >= 4 is 15.9 Å². The van der Waals surface area contributed by atoms with Gasteiger partial charge in [0, 0.05) is 39.7 Å². The van der Waals surface area contributed by atoms with Crippen molar-refractivity contribution in [1.82, 2.24) is 9.21 Å². The summed E-state index contributed by atoms with van der Waals surface area (Å²) < 4.78 is 43.2. The summed E-state index contributed by atoms with van der Waals surface area (Å²) in [6, 6.07) is 0. The van der Waals surface area contributed by atoms with Crippen molar-refractivity contribution in [3.63, 3.8) is 0 Å². The lowest BCUT2D eigenvalue weighted by Crippen LogP contribution is -2.57. The number of rotatable bonds is 4. The fourth-order valence-corrected chi connectivity index (χ4v) is 5.54. The molecule has 138 valence electrons. The maximum atomic E-state index is 12.9. The van der Waals surface area contributed by atoms with Gasteiger partial charge in [-0.1, -0.05) is 0 Å². The molecule has 3 fully saturated rings. The summed E-state index contributed by atoms with van der Waals surface area (Å²) in [6.07, 6.45) is 1.78. The van der Waals surface area contributed by atoms with Gasteiger partial charge in [0.25, 0.3) is 5.91 Å². The first-order valence-corrected chi connectivity index (χ1v) is 9.99. The normalized spacial score (nSPS) is 32.9. The average Bonchev–Trinajstić information content (AvgIpc) is 3.12. The highest BCUT2D eigenvalue weighted by Gasteiger charge is 2.47. The Morgan fingerprint density at radius 2 is 1.92 bits per heavy atom. The second kappa shape index (κ2) is 7.25. The van der Waals surface area contributed by atoms with Crippen LogP contribution in [0.25, 0.3) is 0 Å². The monoisotopic (exact) mass is 362 g/mol. The molecule has 0 N–H and O–H groups in total. The topological polar surface area (TPSA) is 85.4 Å². The molecule has 9 heteroatoms. The van der Waals surface area contributed by atoms with Gasteiger partial charge in [0.2, 0.25) is 10.0 Å². The zero-order valence-electron chi connectivity index (χ0n) is 14.1. The largest absolute Gasteiger partial charge is 0.379 e. The second-order valence-corrected chi connectivity index (χ2v) is 8.79. The number of likely N-dealkylation sites (tertiary alicyclic amines) is 1. The molecule has 0 aliphatic carbocycles. The van der Waals surface area contributed by atoms with Crippen LogP contribution >= 0.6 is 0 Å². The van der Waals surface area contributed by atoms with Crippen LogP contribution in [0.1, 0.15) is 19.3 Å². The molecule has 0 aromatic heterocycles. The molecule has 0 aromatic rings. The first-order chi connectivity index (χ1) is 11.5. The molecule has 8 nitrogen and oxygen atoms in total. The smallest absolute Gasteiger partial charge is 0.257 e. The number of amides is 1. The van der Waals surface area contributed by atoms with E-state index in [4.69, 9.17) is 14.2 Å². The Kier molecular flexibility index (Phi) is 5.45. The minimum Gasteiger partial charge on any atom is -0.379 e. The number of carbonyl (C=O) groups is 1. The van der Waals surface area contributed by atoms with Gasteiger partial charge >= 0.3 is 0 Å². The number of hydrogen-bond acceptors (Lipinski definition) is 6. The van der Waals surface area contributed by atoms with E-state index in [2.05, 4.69) is 0 Å². The average molecular weight is 362 g/mol. The third kappa shape index (κ3) is 3.32. The highest BCUT2D eigenvalue weighted by atomic mass is 32.2. The number of nitrogens with zero attached hydrogens (tertiary/aromatic N) is 2. The van der Waals surface area contributed by atoms with E-state index in [1.165, 1.54) is 11.4 Å². The van der Waals surface area contributed by atoms with Crippen molar-refractivity contribution in [3.8, 4) is 0 Å². The Morgan fingerprint density at radius 1 is 1.17 bits per heavy atom. The van der Waals surface area contributed by atoms with Crippen molar-refractivity contribution in [2.45, 2.75) is 30.1 Å². The molecule has 0 bridgehead atoms. The Morgan fingerprint density at radius 3 is 2.54 bits per heavy atom. The number of morpholine rings is 1. The maximum Gasteiger partial charge on any atom is 0.257 e. The van der Waals surface area contributed by atoms with Gasteiger partial charge in [-0.25, -0.2) is 8.42 Å². The van der Waals surface area contributed by atoms with Gasteiger partial charge in [0.15, 0.2) is 5.60 Å². The summed E-state index contributed by atoms with van der Waals surface area (Å²) in [5, 5.41) is -0.551. The second-order valence-electron chi connectivity index (χ2n) is 6.57. The summed E-state index contributed by atoms with van der Waals surface area (Å²) in [5.41, 5.74) is -0.954. The van der Waals surface area contributed by atoms with E-state index in [9.17, 15) is 13.2 Å². The molecule has 2 unspecified atom stereocenters. The van der Waals surface area contributed by atoms with Crippen LogP contribution in [-0.2, 0) is 29.0 Å². The molecule has 3 rings (SSSR count). The number of methoxy groups -OCH3 is 1. The summed E-state index contributed by atoms with van der Waals surface area (Å²) in [6.45, 7) is 3.16. The Labute approximate surface area is 143 Å². The molecule has 3 aliphatic heterocycles. The zero-order valence-corrected chi connectivity index (χ0v) is 14.9. The van der Waals surface area contributed by atoms with Crippen molar-refractivity contribution in [2.24, 2.45) is 0 Å². The standard InChI is InChI=1S/C15H26N2O6S/c1-21-15(4-8-23-12-15)14(18)16-5-2-3-13(11-16)24(19,20)17-6-9-22-10-7-17/h13H,2-12H2,1H3. The van der Waals surface area contributed by atoms with Crippen molar-refractivity contribution in [1.29, 1.82) is 0 Å². The van der Waals surface area contributed by atoms with Gasteiger partial charge < -0.3 is 19.1 Å². The van der Waals surface area contributed by atoms with Crippen LogP contribution < -0.4 is 0 Å². The number of sulfonamides is 1. The van der Waals surface area contributed by atoms with Crippen LogP contribution in [0.5, 0.6) is 0 Å². The van der Waals surface area contributed by atoms with E-state index >= 15 is 0 Å². The predicted octanol–water partition coefficient (Wildman–Crippen LogP) is -0.555. The van der Waals surface area contributed by atoms with Gasteiger partial charge in [0.05, 0.1) is 31.7 Å². The molecule has 0 aromatic carbocycles. The molecule has 3 aliphatic rings. The number of carbonyl (C=O) groups excluding carboxylic acids is 1. The first-order valence-electron chi connectivity index (χ1n) is 8.48. The molecule has 3 saturated heterocycles.